The lowest BCUT2D eigenvalue weighted by Crippen LogP contribution is -1.93. The Kier molecular flexibility index (Phi) is 4.72. The molecule has 5 rings (SSSR count). The van der Waals surface area contributed by atoms with Gasteiger partial charge in [-0.3, -0.25) is 0 Å². The SMILES string of the molecule is C#Cc1ccc2c(-c3ccccc3)c3cccc(Cl)c3c(-c3ccccc3)c2c1Cl. The highest BCUT2D eigenvalue weighted by Crippen LogP contribution is 2.48. The molecule has 0 N–H and O–H groups in total. The molecule has 30 heavy (non-hydrogen) atoms. The zero-order chi connectivity index (χ0) is 20.7. The van der Waals surface area contributed by atoms with E-state index in [-0.39, 0.29) is 0 Å². The molecule has 0 aliphatic rings. The Morgan fingerprint density at radius 2 is 1.17 bits per heavy atom. The minimum atomic E-state index is 0.577. The summed E-state index contributed by atoms with van der Waals surface area (Å²) in [6, 6.07) is 30.6. The summed E-state index contributed by atoms with van der Waals surface area (Å²) < 4.78 is 0. The molecule has 142 valence electrons. The Hall–Kier alpha value is -3.24. The molecule has 0 radical (unpaired) electrons. The number of terminal acetylenes is 1. The Labute approximate surface area is 185 Å². The first-order valence-corrected chi connectivity index (χ1v) is 10.4. The van der Waals surface area contributed by atoms with Crippen LogP contribution in [0.25, 0.3) is 43.8 Å². The second-order valence-electron chi connectivity index (χ2n) is 7.14. The summed E-state index contributed by atoms with van der Waals surface area (Å²) in [4.78, 5) is 0. The second-order valence-corrected chi connectivity index (χ2v) is 7.92. The van der Waals surface area contributed by atoms with E-state index in [1.165, 1.54) is 0 Å². The summed E-state index contributed by atoms with van der Waals surface area (Å²) in [7, 11) is 0. The predicted octanol–water partition coefficient (Wildman–Crippen LogP) is 8.62. The fourth-order valence-corrected chi connectivity index (χ4v) is 4.79. The molecule has 0 unspecified atom stereocenters. The van der Waals surface area contributed by atoms with Crippen molar-refractivity contribution in [2.24, 2.45) is 0 Å². The van der Waals surface area contributed by atoms with Gasteiger partial charge in [-0.15, -0.1) is 6.42 Å². The van der Waals surface area contributed by atoms with Crippen LogP contribution in [0, 0.1) is 12.3 Å². The van der Waals surface area contributed by atoms with Gasteiger partial charge in [0.2, 0.25) is 0 Å². The van der Waals surface area contributed by atoms with E-state index in [0.29, 0.717) is 15.6 Å². The molecule has 0 saturated carbocycles. The number of hydrogen-bond donors (Lipinski definition) is 0. The standard InChI is InChI=1S/C28H16Cl2/c1-2-18-16-17-22-24(19-10-5-3-6-11-19)21-14-9-15-23(29)26(21)25(27(22)28(18)30)20-12-7-4-8-13-20/h1,3-17H. The van der Waals surface area contributed by atoms with Gasteiger partial charge in [0, 0.05) is 26.9 Å². The maximum absolute atomic E-state index is 6.92. The average molecular weight is 423 g/mol. The van der Waals surface area contributed by atoms with Crippen molar-refractivity contribution in [3.8, 4) is 34.6 Å². The highest BCUT2D eigenvalue weighted by molar-refractivity contribution is 6.43. The van der Waals surface area contributed by atoms with Crippen LogP contribution in [0.15, 0.2) is 91.0 Å². The van der Waals surface area contributed by atoms with Gasteiger partial charge in [-0.1, -0.05) is 108 Å². The Morgan fingerprint density at radius 1 is 0.567 bits per heavy atom. The number of fused-ring (bicyclic) bond motifs is 2. The van der Waals surface area contributed by atoms with Gasteiger partial charge in [-0.2, -0.15) is 0 Å². The van der Waals surface area contributed by atoms with Crippen LogP contribution in [-0.2, 0) is 0 Å². The Balaban J connectivity index is 2.12. The lowest BCUT2D eigenvalue weighted by Gasteiger charge is -2.20. The van der Waals surface area contributed by atoms with Crippen molar-refractivity contribution in [3.05, 3.63) is 107 Å². The van der Waals surface area contributed by atoms with Gasteiger partial charge in [0.25, 0.3) is 0 Å². The lowest BCUT2D eigenvalue weighted by atomic mass is 9.85. The third-order valence-electron chi connectivity index (χ3n) is 5.47. The van der Waals surface area contributed by atoms with Gasteiger partial charge < -0.3 is 0 Å². The highest BCUT2D eigenvalue weighted by atomic mass is 35.5. The molecule has 5 aromatic rings. The van der Waals surface area contributed by atoms with Crippen LogP contribution in [0.3, 0.4) is 0 Å². The Morgan fingerprint density at radius 3 is 1.80 bits per heavy atom. The fourth-order valence-electron chi connectivity index (χ4n) is 4.21. The predicted molar refractivity (Wildman–Crippen MR) is 130 cm³/mol. The van der Waals surface area contributed by atoms with Gasteiger partial charge in [0.1, 0.15) is 0 Å². The van der Waals surface area contributed by atoms with Crippen molar-refractivity contribution in [2.75, 3.05) is 0 Å². The normalized spacial score (nSPS) is 11.0. The second kappa shape index (κ2) is 7.54. The number of halogens is 2. The summed E-state index contributed by atoms with van der Waals surface area (Å²) in [5.74, 6) is 2.72. The van der Waals surface area contributed by atoms with E-state index in [1.807, 2.05) is 54.6 Å². The van der Waals surface area contributed by atoms with Crippen molar-refractivity contribution in [2.45, 2.75) is 0 Å². The minimum Gasteiger partial charge on any atom is -0.115 e. The summed E-state index contributed by atoms with van der Waals surface area (Å²) >= 11 is 13.7. The number of hydrogen-bond acceptors (Lipinski definition) is 0. The summed E-state index contributed by atoms with van der Waals surface area (Å²) in [6.45, 7) is 0. The van der Waals surface area contributed by atoms with E-state index in [0.717, 1.165) is 43.8 Å². The first-order valence-electron chi connectivity index (χ1n) is 9.64. The molecule has 0 spiro atoms. The molecule has 0 bridgehead atoms. The van der Waals surface area contributed by atoms with Crippen LogP contribution in [0.2, 0.25) is 10.0 Å². The van der Waals surface area contributed by atoms with E-state index in [9.17, 15) is 0 Å². The average Bonchev–Trinajstić information content (AvgIpc) is 2.79. The van der Waals surface area contributed by atoms with E-state index < -0.39 is 0 Å². The molecular weight excluding hydrogens is 407 g/mol. The largest absolute Gasteiger partial charge is 0.115 e. The molecule has 0 aliphatic heterocycles. The highest BCUT2D eigenvalue weighted by Gasteiger charge is 2.21. The summed E-state index contributed by atoms with van der Waals surface area (Å²) in [5.41, 5.74) is 4.95. The van der Waals surface area contributed by atoms with E-state index in [1.54, 1.807) is 0 Å². The van der Waals surface area contributed by atoms with Crippen LogP contribution in [0.1, 0.15) is 5.56 Å². The van der Waals surface area contributed by atoms with Crippen LogP contribution in [-0.4, -0.2) is 0 Å². The quantitative estimate of drug-likeness (QED) is 0.197. The molecule has 5 aromatic carbocycles. The van der Waals surface area contributed by atoms with Gasteiger partial charge in [0.05, 0.1) is 5.02 Å². The van der Waals surface area contributed by atoms with Crippen molar-refractivity contribution in [1.82, 2.24) is 0 Å². The fraction of sp³-hybridized carbons (Fsp3) is 0. The molecule has 0 aromatic heterocycles. The molecule has 0 nitrogen and oxygen atoms in total. The van der Waals surface area contributed by atoms with E-state index >= 15 is 0 Å². The monoisotopic (exact) mass is 422 g/mol. The van der Waals surface area contributed by atoms with Crippen LogP contribution in [0.5, 0.6) is 0 Å². The third-order valence-corrected chi connectivity index (χ3v) is 6.18. The summed E-state index contributed by atoms with van der Waals surface area (Å²) in [6.07, 6.45) is 5.76. The maximum Gasteiger partial charge on any atom is 0.0647 e. The zero-order valence-corrected chi connectivity index (χ0v) is 17.5. The van der Waals surface area contributed by atoms with Gasteiger partial charge in [0.15, 0.2) is 0 Å². The molecule has 0 saturated heterocycles. The molecular formula is C28H16Cl2. The maximum atomic E-state index is 6.92. The lowest BCUT2D eigenvalue weighted by molar-refractivity contribution is 1.64. The van der Waals surface area contributed by atoms with E-state index in [2.05, 4.69) is 42.3 Å². The van der Waals surface area contributed by atoms with Crippen molar-refractivity contribution >= 4 is 44.7 Å². The zero-order valence-electron chi connectivity index (χ0n) is 16.0. The van der Waals surface area contributed by atoms with Crippen LogP contribution in [0.4, 0.5) is 0 Å². The molecule has 0 aliphatic carbocycles. The topological polar surface area (TPSA) is 0 Å². The van der Waals surface area contributed by atoms with Crippen molar-refractivity contribution in [3.63, 3.8) is 0 Å². The van der Waals surface area contributed by atoms with Crippen LogP contribution >= 0.6 is 23.2 Å². The molecule has 0 fully saturated rings. The minimum absolute atomic E-state index is 0.577. The third kappa shape index (κ3) is 2.87. The van der Waals surface area contributed by atoms with Gasteiger partial charge in [-0.25, -0.2) is 0 Å². The number of rotatable bonds is 2. The van der Waals surface area contributed by atoms with Gasteiger partial charge >= 0.3 is 0 Å². The van der Waals surface area contributed by atoms with Crippen molar-refractivity contribution in [1.29, 1.82) is 0 Å². The Bertz CT molecular complexity index is 1440. The molecule has 0 amide bonds. The summed E-state index contributed by atoms with van der Waals surface area (Å²) in [5, 5.41) is 5.31. The molecule has 0 atom stereocenters. The first kappa shape index (κ1) is 18.8. The van der Waals surface area contributed by atoms with E-state index in [4.69, 9.17) is 29.6 Å². The molecule has 2 heteroatoms. The first-order chi connectivity index (χ1) is 14.7. The molecule has 0 heterocycles. The van der Waals surface area contributed by atoms with Gasteiger partial charge in [-0.05, 0) is 39.6 Å². The van der Waals surface area contributed by atoms with Crippen LogP contribution < -0.4 is 0 Å². The smallest absolute Gasteiger partial charge is 0.0647 e. The number of benzene rings is 5. The van der Waals surface area contributed by atoms with Crippen molar-refractivity contribution < 1.29 is 0 Å².